The van der Waals surface area contributed by atoms with Crippen molar-refractivity contribution in [2.75, 3.05) is 11.1 Å². The van der Waals surface area contributed by atoms with Crippen molar-refractivity contribution >= 4 is 28.1 Å². The molecule has 3 rings (SSSR count). The number of aromatic nitrogens is 1. The van der Waals surface area contributed by atoms with Crippen molar-refractivity contribution < 1.29 is 18.0 Å². The number of nitrogens with two attached hydrogens (primary N) is 1. The summed E-state index contributed by atoms with van der Waals surface area (Å²) in [5.74, 6) is -5.50. The number of hydrogen-bond donors (Lipinski definition) is 2. The first-order chi connectivity index (χ1) is 11.5. The van der Waals surface area contributed by atoms with Crippen LogP contribution < -0.4 is 11.1 Å². The number of nitrogens with zero attached hydrogens (tertiary/aromatic N) is 1. The third-order valence-corrected chi connectivity index (χ3v) is 3.97. The molecule has 3 N–H and O–H groups in total. The maximum Gasteiger partial charge on any atom is 0.260 e. The largest absolute Gasteiger partial charge is 0.399 e. The van der Waals surface area contributed by atoms with Crippen LogP contribution in [0.1, 0.15) is 10.4 Å². The molecular weight excluding hydrogens is 339 g/mol. The van der Waals surface area contributed by atoms with Gasteiger partial charge in [0.1, 0.15) is 0 Å². The van der Waals surface area contributed by atoms with Gasteiger partial charge in [-0.1, -0.05) is 12.1 Å². The Labute approximate surface area is 138 Å². The van der Waals surface area contributed by atoms with Crippen LogP contribution in [0.4, 0.5) is 24.0 Å². The monoisotopic (exact) mass is 349 g/mol. The Morgan fingerprint density at radius 2 is 1.75 bits per heavy atom. The lowest BCUT2D eigenvalue weighted by atomic mass is 10.1. The molecule has 3 aromatic rings. The SMILES string of the molecule is Nc1ccc(-c2csc(NC(=O)c3ccc(F)c(F)c3F)n2)cc1. The summed E-state index contributed by atoms with van der Waals surface area (Å²) in [5.41, 5.74) is 7.01. The van der Waals surface area contributed by atoms with Crippen LogP contribution >= 0.6 is 11.3 Å². The summed E-state index contributed by atoms with van der Waals surface area (Å²) in [6.07, 6.45) is 0. The smallest absolute Gasteiger partial charge is 0.260 e. The molecule has 0 saturated heterocycles. The van der Waals surface area contributed by atoms with Crippen LogP contribution in [-0.4, -0.2) is 10.9 Å². The molecule has 0 atom stereocenters. The summed E-state index contributed by atoms with van der Waals surface area (Å²) < 4.78 is 39.7. The van der Waals surface area contributed by atoms with Gasteiger partial charge in [0.05, 0.1) is 11.3 Å². The summed E-state index contributed by atoms with van der Waals surface area (Å²) >= 11 is 1.12. The van der Waals surface area contributed by atoms with E-state index in [4.69, 9.17) is 5.73 Å². The highest BCUT2D eigenvalue weighted by molar-refractivity contribution is 7.14. The van der Waals surface area contributed by atoms with Gasteiger partial charge in [-0.05, 0) is 24.3 Å². The second-order valence-corrected chi connectivity index (χ2v) is 5.70. The van der Waals surface area contributed by atoms with E-state index in [2.05, 4.69) is 10.3 Å². The standard InChI is InChI=1S/C16H10F3N3OS/c17-11-6-5-10(13(18)14(11)19)15(23)22-16-21-12(7-24-16)8-1-3-9(20)4-2-8/h1-7H,20H2,(H,21,22,23). The Balaban J connectivity index is 1.81. The molecule has 0 bridgehead atoms. The highest BCUT2D eigenvalue weighted by atomic mass is 32.1. The second-order valence-electron chi connectivity index (χ2n) is 4.84. The number of amides is 1. The van der Waals surface area contributed by atoms with E-state index in [1.54, 1.807) is 29.6 Å². The van der Waals surface area contributed by atoms with Crippen molar-refractivity contribution in [2.45, 2.75) is 0 Å². The van der Waals surface area contributed by atoms with E-state index in [-0.39, 0.29) is 5.13 Å². The zero-order valence-electron chi connectivity index (χ0n) is 12.0. The lowest BCUT2D eigenvalue weighted by Gasteiger charge is -2.04. The molecule has 122 valence electrons. The van der Waals surface area contributed by atoms with Gasteiger partial charge in [0.2, 0.25) is 0 Å². The number of anilines is 2. The molecule has 2 aromatic carbocycles. The van der Waals surface area contributed by atoms with Crippen LogP contribution in [0.3, 0.4) is 0 Å². The van der Waals surface area contributed by atoms with Crippen molar-refractivity contribution in [3.05, 3.63) is 64.8 Å². The normalized spacial score (nSPS) is 10.6. The van der Waals surface area contributed by atoms with E-state index < -0.39 is 28.9 Å². The van der Waals surface area contributed by atoms with Gasteiger partial charge in [0.15, 0.2) is 22.6 Å². The summed E-state index contributed by atoms with van der Waals surface area (Å²) in [6, 6.07) is 8.52. The number of hydrogen-bond acceptors (Lipinski definition) is 4. The van der Waals surface area contributed by atoms with Crippen molar-refractivity contribution in [1.82, 2.24) is 4.98 Å². The van der Waals surface area contributed by atoms with E-state index in [0.29, 0.717) is 17.4 Å². The molecule has 4 nitrogen and oxygen atoms in total. The predicted molar refractivity (Wildman–Crippen MR) is 86.2 cm³/mol. The summed E-state index contributed by atoms with van der Waals surface area (Å²) in [5, 5.41) is 4.26. The van der Waals surface area contributed by atoms with Crippen LogP contribution in [0.2, 0.25) is 0 Å². The Morgan fingerprint density at radius 3 is 2.46 bits per heavy atom. The average Bonchev–Trinajstić information content (AvgIpc) is 3.01. The zero-order valence-corrected chi connectivity index (χ0v) is 12.8. The molecule has 0 aliphatic carbocycles. The fourth-order valence-electron chi connectivity index (χ4n) is 1.98. The number of carbonyl (C=O) groups excluding carboxylic acids is 1. The molecule has 0 aliphatic rings. The third kappa shape index (κ3) is 3.09. The number of nitrogens with one attached hydrogen (secondary N) is 1. The van der Waals surface area contributed by atoms with Crippen LogP contribution in [0, 0.1) is 17.5 Å². The minimum atomic E-state index is -1.69. The average molecular weight is 349 g/mol. The minimum absolute atomic E-state index is 0.205. The molecule has 1 amide bonds. The van der Waals surface area contributed by atoms with Crippen LogP contribution in [0.15, 0.2) is 41.8 Å². The fourth-order valence-corrected chi connectivity index (χ4v) is 2.70. The number of carbonyl (C=O) groups is 1. The van der Waals surface area contributed by atoms with E-state index in [1.807, 2.05) is 0 Å². The molecule has 0 aliphatic heterocycles. The summed E-state index contributed by atoms with van der Waals surface area (Å²) in [7, 11) is 0. The molecule has 0 saturated carbocycles. The molecule has 0 radical (unpaired) electrons. The maximum atomic E-state index is 13.6. The first-order valence-electron chi connectivity index (χ1n) is 6.72. The van der Waals surface area contributed by atoms with Crippen molar-refractivity contribution in [3.63, 3.8) is 0 Å². The van der Waals surface area contributed by atoms with Crippen LogP contribution in [-0.2, 0) is 0 Å². The molecule has 0 spiro atoms. The van der Waals surface area contributed by atoms with Gasteiger partial charge in [-0.3, -0.25) is 10.1 Å². The maximum absolute atomic E-state index is 13.6. The molecular formula is C16H10F3N3OS. The fraction of sp³-hybridized carbons (Fsp3) is 0. The minimum Gasteiger partial charge on any atom is -0.399 e. The van der Waals surface area contributed by atoms with E-state index >= 15 is 0 Å². The second kappa shape index (κ2) is 6.32. The molecule has 1 heterocycles. The first kappa shape index (κ1) is 16.0. The zero-order chi connectivity index (χ0) is 17.3. The molecule has 1 aromatic heterocycles. The van der Waals surface area contributed by atoms with Crippen molar-refractivity contribution in [1.29, 1.82) is 0 Å². The van der Waals surface area contributed by atoms with E-state index in [0.717, 1.165) is 23.0 Å². The molecule has 8 heteroatoms. The lowest BCUT2D eigenvalue weighted by molar-refractivity contribution is 0.102. The van der Waals surface area contributed by atoms with Gasteiger partial charge in [0, 0.05) is 16.6 Å². The highest BCUT2D eigenvalue weighted by Crippen LogP contribution is 2.26. The van der Waals surface area contributed by atoms with Gasteiger partial charge < -0.3 is 5.73 Å². The first-order valence-corrected chi connectivity index (χ1v) is 7.60. The number of thiazole rings is 1. The lowest BCUT2D eigenvalue weighted by Crippen LogP contribution is -2.15. The predicted octanol–water partition coefficient (Wildman–Crippen LogP) is 4.06. The van der Waals surface area contributed by atoms with Crippen LogP contribution in [0.25, 0.3) is 11.3 Å². The molecule has 0 unspecified atom stereocenters. The Kier molecular flexibility index (Phi) is 4.22. The van der Waals surface area contributed by atoms with Gasteiger partial charge in [-0.25, -0.2) is 18.2 Å². The highest BCUT2D eigenvalue weighted by Gasteiger charge is 2.19. The van der Waals surface area contributed by atoms with E-state index in [1.165, 1.54) is 0 Å². The van der Waals surface area contributed by atoms with Crippen molar-refractivity contribution in [3.8, 4) is 11.3 Å². The Hall–Kier alpha value is -2.87. The number of halogens is 3. The number of nitrogen functional groups attached to an aromatic ring is 1. The van der Waals surface area contributed by atoms with Crippen molar-refractivity contribution in [2.24, 2.45) is 0 Å². The Morgan fingerprint density at radius 1 is 1.04 bits per heavy atom. The summed E-state index contributed by atoms with van der Waals surface area (Å²) in [6.45, 7) is 0. The topological polar surface area (TPSA) is 68.0 Å². The quantitative estimate of drug-likeness (QED) is 0.553. The summed E-state index contributed by atoms with van der Waals surface area (Å²) in [4.78, 5) is 16.2. The van der Waals surface area contributed by atoms with Gasteiger partial charge in [-0.15, -0.1) is 11.3 Å². The number of rotatable bonds is 3. The van der Waals surface area contributed by atoms with Gasteiger partial charge in [-0.2, -0.15) is 0 Å². The molecule has 0 fully saturated rings. The number of benzene rings is 2. The Bertz CT molecular complexity index is 909. The van der Waals surface area contributed by atoms with Crippen LogP contribution in [0.5, 0.6) is 0 Å². The molecule has 24 heavy (non-hydrogen) atoms. The van der Waals surface area contributed by atoms with Gasteiger partial charge in [0.25, 0.3) is 5.91 Å². The van der Waals surface area contributed by atoms with E-state index in [9.17, 15) is 18.0 Å². The van der Waals surface area contributed by atoms with Gasteiger partial charge >= 0.3 is 0 Å². The third-order valence-electron chi connectivity index (χ3n) is 3.21.